The maximum Gasteiger partial charge on any atom is 0.185 e. The second-order valence-electron chi connectivity index (χ2n) is 3.91. The molecule has 2 rings (SSSR count). The maximum atomic E-state index is 12.9. The van der Waals surface area contributed by atoms with Crippen molar-refractivity contribution in [3.8, 4) is 0 Å². The molecule has 1 nitrogen and oxygen atoms in total. The Bertz CT molecular complexity index is 610. The van der Waals surface area contributed by atoms with Crippen molar-refractivity contribution in [1.82, 2.24) is 0 Å². The summed E-state index contributed by atoms with van der Waals surface area (Å²) >= 11 is 0. The van der Waals surface area contributed by atoms with E-state index >= 15 is 0 Å². The molecule has 4 heteroatoms. The SMILES string of the molecule is O=C(/C=C/c1cc(F)cc(F)c1)c1ccc(F)cc1. The van der Waals surface area contributed by atoms with E-state index in [1.807, 2.05) is 0 Å². The number of hydrogen-bond acceptors (Lipinski definition) is 1. The molecule has 0 aliphatic rings. The van der Waals surface area contributed by atoms with Crippen molar-refractivity contribution in [2.75, 3.05) is 0 Å². The molecule has 19 heavy (non-hydrogen) atoms. The van der Waals surface area contributed by atoms with E-state index in [2.05, 4.69) is 0 Å². The molecule has 0 heterocycles. The highest BCUT2D eigenvalue weighted by Gasteiger charge is 2.02. The summed E-state index contributed by atoms with van der Waals surface area (Å²) in [5.41, 5.74) is 0.544. The molecular formula is C15H9F3O. The van der Waals surface area contributed by atoms with Gasteiger partial charge in [-0.1, -0.05) is 6.08 Å². The first-order valence-corrected chi connectivity index (χ1v) is 5.49. The van der Waals surface area contributed by atoms with E-state index in [9.17, 15) is 18.0 Å². The largest absolute Gasteiger partial charge is 0.289 e. The lowest BCUT2D eigenvalue weighted by Crippen LogP contribution is -1.94. The van der Waals surface area contributed by atoms with Gasteiger partial charge < -0.3 is 0 Å². The standard InChI is InChI=1S/C15H9F3O/c16-12-4-2-11(3-5-12)15(19)6-1-10-7-13(17)9-14(18)8-10/h1-9H/b6-1+. The normalized spacial score (nSPS) is 10.9. The van der Waals surface area contributed by atoms with Gasteiger partial charge in [-0.25, -0.2) is 13.2 Å². The van der Waals surface area contributed by atoms with Crippen molar-refractivity contribution >= 4 is 11.9 Å². The lowest BCUT2D eigenvalue weighted by atomic mass is 10.1. The summed E-state index contributed by atoms with van der Waals surface area (Å²) < 4.78 is 38.5. The summed E-state index contributed by atoms with van der Waals surface area (Å²) in [5, 5.41) is 0. The van der Waals surface area contributed by atoms with Crippen LogP contribution in [0, 0.1) is 17.5 Å². The minimum absolute atomic E-state index is 0.243. The molecule has 2 aromatic rings. The number of benzene rings is 2. The molecule has 0 amide bonds. The number of ketones is 1. The zero-order valence-electron chi connectivity index (χ0n) is 9.74. The summed E-state index contributed by atoms with van der Waals surface area (Å²) in [6.07, 6.45) is 2.49. The van der Waals surface area contributed by atoms with Gasteiger partial charge >= 0.3 is 0 Å². The van der Waals surface area contributed by atoms with Crippen molar-refractivity contribution in [3.63, 3.8) is 0 Å². The highest BCUT2D eigenvalue weighted by Crippen LogP contribution is 2.11. The molecule has 0 aromatic heterocycles. The van der Waals surface area contributed by atoms with Crippen LogP contribution < -0.4 is 0 Å². The van der Waals surface area contributed by atoms with Crippen LogP contribution in [0.5, 0.6) is 0 Å². The maximum absolute atomic E-state index is 12.9. The van der Waals surface area contributed by atoms with Gasteiger partial charge in [0.05, 0.1) is 0 Å². The Morgan fingerprint density at radius 3 is 2.00 bits per heavy atom. The fourth-order valence-electron chi connectivity index (χ4n) is 1.55. The second-order valence-corrected chi connectivity index (χ2v) is 3.91. The fraction of sp³-hybridized carbons (Fsp3) is 0. The van der Waals surface area contributed by atoms with Crippen molar-refractivity contribution in [3.05, 3.63) is 77.1 Å². The Hall–Kier alpha value is -2.36. The first kappa shape index (κ1) is 13.1. The summed E-state index contributed by atoms with van der Waals surface area (Å²) in [4.78, 5) is 11.7. The van der Waals surface area contributed by atoms with E-state index in [1.165, 1.54) is 36.4 Å². The van der Waals surface area contributed by atoms with Crippen LogP contribution in [-0.4, -0.2) is 5.78 Å². The van der Waals surface area contributed by atoms with Crippen molar-refractivity contribution < 1.29 is 18.0 Å². The second kappa shape index (κ2) is 5.52. The van der Waals surface area contributed by atoms with Gasteiger partial charge in [0.1, 0.15) is 17.5 Å². The molecule has 0 aliphatic carbocycles. The van der Waals surface area contributed by atoms with Crippen molar-refractivity contribution in [1.29, 1.82) is 0 Å². The molecule has 0 saturated carbocycles. The third-order valence-corrected chi connectivity index (χ3v) is 2.44. The smallest absolute Gasteiger partial charge is 0.185 e. The Balaban J connectivity index is 2.18. The molecule has 0 atom stereocenters. The number of halogens is 3. The number of hydrogen-bond donors (Lipinski definition) is 0. The third-order valence-electron chi connectivity index (χ3n) is 2.44. The van der Waals surface area contributed by atoms with E-state index in [0.717, 1.165) is 18.2 Å². The van der Waals surface area contributed by atoms with Gasteiger partial charge in [0.15, 0.2) is 5.78 Å². The zero-order chi connectivity index (χ0) is 13.8. The molecule has 0 spiro atoms. The third kappa shape index (κ3) is 3.55. The Kier molecular flexibility index (Phi) is 3.80. The van der Waals surface area contributed by atoms with Crippen LogP contribution >= 0.6 is 0 Å². The van der Waals surface area contributed by atoms with Crippen LogP contribution in [0.25, 0.3) is 6.08 Å². The molecule has 2 aromatic carbocycles. The van der Waals surface area contributed by atoms with Gasteiger partial charge in [-0.05, 0) is 48.0 Å². The van der Waals surface area contributed by atoms with Gasteiger partial charge in [0.25, 0.3) is 0 Å². The molecule has 0 bridgehead atoms. The number of carbonyl (C=O) groups excluding carboxylic acids is 1. The van der Waals surface area contributed by atoms with Crippen LogP contribution in [-0.2, 0) is 0 Å². The lowest BCUT2D eigenvalue weighted by molar-refractivity contribution is 0.104. The number of rotatable bonds is 3. The van der Waals surface area contributed by atoms with E-state index in [4.69, 9.17) is 0 Å². The highest BCUT2D eigenvalue weighted by atomic mass is 19.1. The van der Waals surface area contributed by atoms with E-state index in [-0.39, 0.29) is 11.3 Å². The molecule has 0 N–H and O–H groups in total. The van der Waals surface area contributed by atoms with Crippen molar-refractivity contribution in [2.45, 2.75) is 0 Å². The molecule has 0 aliphatic heterocycles. The minimum atomic E-state index is -0.714. The van der Waals surface area contributed by atoms with Gasteiger partial charge in [-0.2, -0.15) is 0 Å². The van der Waals surface area contributed by atoms with E-state index in [0.29, 0.717) is 5.56 Å². The zero-order valence-corrected chi connectivity index (χ0v) is 9.74. The van der Waals surface area contributed by atoms with Crippen LogP contribution in [0.15, 0.2) is 48.5 Å². The van der Waals surface area contributed by atoms with Crippen LogP contribution in [0.3, 0.4) is 0 Å². The molecular weight excluding hydrogens is 253 g/mol. The minimum Gasteiger partial charge on any atom is -0.289 e. The van der Waals surface area contributed by atoms with Gasteiger partial charge in [-0.15, -0.1) is 0 Å². The summed E-state index contributed by atoms with van der Waals surface area (Å²) in [7, 11) is 0. The Morgan fingerprint density at radius 2 is 1.42 bits per heavy atom. The summed E-state index contributed by atoms with van der Waals surface area (Å²) in [5.74, 6) is -2.24. The molecule has 0 saturated heterocycles. The molecule has 0 fully saturated rings. The van der Waals surface area contributed by atoms with Crippen LogP contribution in [0.4, 0.5) is 13.2 Å². The topological polar surface area (TPSA) is 17.1 Å². The molecule has 96 valence electrons. The van der Waals surface area contributed by atoms with Gasteiger partial charge in [-0.3, -0.25) is 4.79 Å². The van der Waals surface area contributed by atoms with Gasteiger partial charge in [0.2, 0.25) is 0 Å². The van der Waals surface area contributed by atoms with Crippen LogP contribution in [0.2, 0.25) is 0 Å². The first-order chi connectivity index (χ1) is 9.04. The quantitative estimate of drug-likeness (QED) is 0.603. The lowest BCUT2D eigenvalue weighted by Gasteiger charge is -1.97. The average Bonchev–Trinajstić information content (AvgIpc) is 2.36. The molecule has 0 unspecified atom stereocenters. The van der Waals surface area contributed by atoms with Crippen molar-refractivity contribution in [2.24, 2.45) is 0 Å². The fourth-order valence-corrected chi connectivity index (χ4v) is 1.55. The summed E-state index contributed by atoms with van der Waals surface area (Å²) in [6.45, 7) is 0. The van der Waals surface area contributed by atoms with Crippen LogP contribution in [0.1, 0.15) is 15.9 Å². The summed E-state index contributed by atoms with van der Waals surface area (Å²) in [6, 6.07) is 7.99. The number of carbonyl (C=O) groups is 1. The average molecular weight is 262 g/mol. The highest BCUT2D eigenvalue weighted by molar-refractivity contribution is 6.06. The predicted molar refractivity (Wildman–Crippen MR) is 66.1 cm³/mol. The van der Waals surface area contributed by atoms with Gasteiger partial charge in [0, 0.05) is 11.6 Å². The molecule has 0 radical (unpaired) electrons. The van der Waals surface area contributed by atoms with E-state index in [1.54, 1.807) is 0 Å². The number of allylic oxidation sites excluding steroid dienone is 1. The predicted octanol–water partition coefficient (Wildman–Crippen LogP) is 4.00. The monoisotopic (exact) mass is 262 g/mol. The Labute approximate surface area is 108 Å². The van der Waals surface area contributed by atoms with E-state index < -0.39 is 17.5 Å². The Morgan fingerprint density at radius 1 is 0.842 bits per heavy atom. The first-order valence-electron chi connectivity index (χ1n) is 5.49.